The van der Waals surface area contributed by atoms with E-state index in [0.717, 1.165) is 39.5 Å². The van der Waals surface area contributed by atoms with Gasteiger partial charge < -0.3 is 19.5 Å². The number of halogens is 1. The largest absolute Gasteiger partial charge is 0.495 e. The van der Waals surface area contributed by atoms with Crippen LogP contribution in [0, 0.1) is 6.92 Å². The summed E-state index contributed by atoms with van der Waals surface area (Å²) in [6.45, 7) is 5.47. The number of methoxy groups -OCH3 is 1. The molecule has 0 aliphatic carbocycles. The minimum atomic E-state index is 0.565. The van der Waals surface area contributed by atoms with E-state index in [1.165, 1.54) is 24.0 Å². The fourth-order valence-corrected chi connectivity index (χ4v) is 4.58. The highest BCUT2D eigenvalue weighted by Crippen LogP contribution is 2.37. The smallest absolute Gasteiger partial charge is 0.208 e. The van der Waals surface area contributed by atoms with Crippen molar-refractivity contribution in [2.75, 3.05) is 23.9 Å². The maximum atomic E-state index is 5.57. The van der Waals surface area contributed by atoms with E-state index in [9.17, 15) is 0 Å². The Morgan fingerprint density at radius 3 is 2.81 bits per heavy atom. The van der Waals surface area contributed by atoms with Gasteiger partial charge in [-0.05, 0) is 56.5 Å². The van der Waals surface area contributed by atoms with Gasteiger partial charge >= 0.3 is 0 Å². The number of hydrogen-bond acceptors (Lipinski definition) is 4. The number of nitrogens with zero attached hydrogens (tertiary/aromatic N) is 3. The third kappa shape index (κ3) is 3.16. The van der Waals surface area contributed by atoms with E-state index in [-0.39, 0.29) is 0 Å². The third-order valence-electron chi connectivity index (χ3n) is 5.46. The molecule has 1 aromatic heterocycles. The van der Waals surface area contributed by atoms with Crippen LogP contribution < -0.4 is 15.0 Å². The van der Waals surface area contributed by atoms with Gasteiger partial charge in [-0.15, -0.1) is 0 Å². The lowest BCUT2D eigenvalue weighted by atomic mass is 10.2. The van der Waals surface area contributed by atoms with Crippen molar-refractivity contribution in [2.45, 2.75) is 32.7 Å². The highest BCUT2D eigenvalue weighted by atomic mass is 79.9. The molecule has 5 nitrogen and oxygen atoms in total. The van der Waals surface area contributed by atoms with Crippen molar-refractivity contribution >= 4 is 44.3 Å². The second kappa shape index (κ2) is 7.08. The topological polar surface area (TPSA) is 42.3 Å². The number of aromatic nitrogens is 2. The van der Waals surface area contributed by atoms with Crippen LogP contribution in [0.4, 0.5) is 17.3 Å². The standard InChI is InChI=1S/C21H25BrN4O/c1-13-11-15(22)12-18(27-4)19(13)24-21-23-16-8-5-9-17(20(16)25(21)3)26-10-6-7-14(26)2/h5,8-9,11-12,14H,6-7,10H2,1-4H3,(H,23,24). The van der Waals surface area contributed by atoms with Gasteiger partial charge in [0.05, 0.1) is 29.5 Å². The summed E-state index contributed by atoms with van der Waals surface area (Å²) in [6.07, 6.45) is 2.49. The number of nitrogens with one attached hydrogen (secondary N) is 1. The van der Waals surface area contributed by atoms with Crippen LogP contribution in [0.15, 0.2) is 34.8 Å². The number of ether oxygens (including phenoxy) is 1. The Labute approximate surface area is 168 Å². The lowest BCUT2D eigenvalue weighted by molar-refractivity contribution is 0.416. The van der Waals surface area contributed by atoms with Crippen LogP contribution >= 0.6 is 15.9 Å². The van der Waals surface area contributed by atoms with Gasteiger partial charge in [-0.2, -0.15) is 0 Å². The molecule has 0 radical (unpaired) electrons. The second-order valence-electron chi connectivity index (χ2n) is 7.25. The van der Waals surface area contributed by atoms with Crippen molar-refractivity contribution in [3.8, 4) is 5.75 Å². The molecule has 1 saturated heterocycles. The molecule has 27 heavy (non-hydrogen) atoms. The molecule has 1 N–H and O–H groups in total. The van der Waals surface area contributed by atoms with E-state index in [2.05, 4.69) is 75.9 Å². The lowest BCUT2D eigenvalue weighted by Gasteiger charge is -2.25. The Kier molecular flexibility index (Phi) is 4.76. The number of para-hydroxylation sites is 1. The van der Waals surface area contributed by atoms with Gasteiger partial charge in [-0.1, -0.05) is 22.0 Å². The van der Waals surface area contributed by atoms with E-state index >= 15 is 0 Å². The number of anilines is 3. The number of aryl methyl sites for hydroxylation is 2. The molecule has 142 valence electrons. The molecular weight excluding hydrogens is 404 g/mol. The first-order valence-corrected chi connectivity index (χ1v) is 10.1. The monoisotopic (exact) mass is 428 g/mol. The second-order valence-corrected chi connectivity index (χ2v) is 8.16. The number of hydrogen-bond donors (Lipinski definition) is 1. The molecule has 1 unspecified atom stereocenters. The average Bonchev–Trinajstić information content (AvgIpc) is 3.20. The summed E-state index contributed by atoms with van der Waals surface area (Å²) in [5, 5.41) is 3.49. The normalized spacial score (nSPS) is 16.9. The molecule has 1 aliphatic rings. The summed E-state index contributed by atoms with van der Waals surface area (Å²) in [5.74, 6) is 1.61. The minimum Gasteiger partial charge on any atom is -0.495 e. The lowest BCUT2D eigenvalue weighted by Crippen LogP contribution is -2.26. The molecule has 0 bridgehead atoms. The van der Waals surface area contributed by atoms with Crippen LogP contribution in [0.3, 0.4) is 0 Å². The van der Waals surface area contributed by atoms with Crippen molar-refractivity contribution in [1.82, 2.24) is 9.55 Å². The van der Waals surface area contributed by atoms with Crippen molar-refractivity contribution in [1.29, 1.82) is 0 Å². The van der Waals surface area contributed by atoms with E-state index < -0.39 is 0 Å². The van der Waals surface area contributed by atoms with Crippen molar-refractivity contribution in [2.24, 2.45) is 7.05 Å². The zero-order chi connectivity index (χ0) is 19.1. The number of imidazole rings is 1. The van der Waals surface area contributed by atoms with Gasteiger partial charge in [0, 0.05) is 24.1 Å². The first-order valence-electron chi connectivity index (χ1n) is 9.33. The summed E-state index contributed by atoms with van der Waals surface area (Å²) in [6, 6.07) is 11.0. The van der Waals surface area contributed by atoms with E-state index in [4.69, 9.17) is 9.72 Å². The van der Waals surface area contributed by atoms with E-state index in [0.29, 0.717) is 6.04 Å². The molecule has 2 heterocycles. The fourth-order valence-electron chi connectivity index (χ4n) is 4.03. The number of fused-ring (bicyclic) bond motifs is 1. The average molecular weight is 429 g/mol. The summed E-state index contributed by atoms with van der Waals surface area (Å²) in [5.41, 5.74) is 5.48. The summed E-state index contributed by atoms with van der Waals surface area (Å²) >= 11 is 3.53. The van der Waals surface area contributed by atoms with Crippen LogP contribution in [0.25, 0.3) is 11.0 Å². The van der Waals surface area contributed by atoms with Crippen molar-refractivity contribution in [3.05, 3.63) is 40.4 Å². The van der Waals surface area contributed by atoms with Crippen LogP contribution in [-0.4, -0.2) is 29.2 Å². The number of benzene rings is 2. The Morgan fingerprint density at radius 2 is 2.11 bits per heavy atom. The van der Waals surface area contributed by atoms with Crippen molar-refractivity contribution < 1.29 is 4.74 Å². The summed E-state index contributed by atoms with van der Waals surface area (Å²) in [7, 11) is 3.76. The van der Waals surface area contributed by atoms with Crippen molar-refractivity contribution in [3.63, 3.8) is 0 Å². The van der Waals surface area contributed by atoms with E-state index in [1.807, 2.05) is 6.07 Å². The molecule has 0 spiro atoms. The van der Waals surface area contributed by atoms with Gasteiger partial charge in [-0.25, -0.2) is 4.98 Å². The third-order valence-corrected chi connectivity index (χ3v) is 5.91. The first kappa shape index (κ1) is 18.2. The molecule has 3 aromatic rings. The molecule has 4 rings (SSSR count). The Balaban J connectivity index is 1.80. The summed E-state index contributed by atoms with van der Waals surface area (Å²) in [4.78, 5) is 7.36. The molecule has 1 aliphatic heterocycles. The van der Waals surface area contributed by atoms with Gasteiger partial charge in [0.25, 0.3) is 0 Å². The molecule has 0 saturated carbocycles. The maximum Gasteiger partial charge on any atom is 0.208 e. The molecule has 0 amide bonds. The maximum absolute atomic E-state index is 5.57. The summed E-state index contributed by atoms with van der Waals surface area (Å²) < 4.78 is 8.72. The van der Waals surface area contributed by atoms with Gasteiger partial charge in [0.2, 0.25) is 5.95 Å². The fraction of sp³-hybridized carbons (Fsp3) is 0.381. The molecule has 2 aromatic carbocycles. The van der Waals surface area contributed by atoms with Gasteiger partial charge in [0.15, 0.2) is 0 Å². The molecule has 1 fully saturated rings. The van der Waals surface area contributed by atoms with Crippen LogP contribution in [0.2, 0.25) is 0 Å². The Hall–Kier alpha value is -2.21. The Bertz CT molecular complexity index is 998. The molecular formula is C21H25BrN4O. The zero-order valence-electron chi connectivity index (χ0n) is 16.2. The quantitative estimate of drug-likeness (QED) is 0.604. The molecule has 6 heteroatoms. The van der Waals surface area contributed by atoms with Crippen LogP contribution in [0.1, 0.15) is 25.3 Å². The van der Waals surface area contributed by atoms with Gasteiger partial charge in [0.1, 0.15) is 5.75 Å². The number of rotatable bonds is 4. The Morgan fingerprint density at radius 1 is 1.30 bits per heavy atom. The highest BCUT2D eigenvalue weighted by molar-refractivity contribution is 9.10. The highest BCUT2D eigenvalue weighted by Gasteiger charge is 2.24. The SMILES string of the molecule is COc1cc(Br)cc(C)c1Nc1nc2cccc(N3CCCC3C)c2n1C. The predicted octanol–water partition coefficient (Wildman–Crippen LogP) is 5.39. The minimum absolute atomic E-state index is 0.565. The predicted molar refractivity (Wildman–Crippen MR) is 115 cm³/mol. The first-order chi connectivity index (χ1) is 13.0. The van der Waals surface area contributed by atoms with Crippen LogP contribution in [-0.2, 0) is 7.05 Å². The van der Waals surface area contributed by atoms with Gasteiger partial charge in [-0.3, -0.25) is 0 Å². The zero-order valence-corrected chi connectivity index (χ0v) is 17.8. The van der Waals surface area contributed by atoms with E-state index in [1.54, 1.807) is 7.11 Å². The molecule has 1 atom stereocenters. The van der Waals surface area contributed by atoms with Crippen LogP contribution in [0.5, 0.6) is 5.75 Å².